The number of fused-ring (bicyclic) bond motifs is 3. The van der Waals surface area contributed by atoms with Gasteiger partial charge in [0.05, 0.1) is 25.9 Å². The number of pyridine rings is 1. The summed E-state index contributed by atoms with van der Waals surface area (Å²) in [7, 11) is 3.43. The molecule has 4 nitrogen and oxygen atoms in total. The van der Waals surface area contributed by atoms with Gasteiger partial charge in [0.15, 0.2) is 0 Å². The Balaban J connectivity index is 1.87. The summed E-state index contributed by atoms with van der Waals surface area (Å²) < 4.78 is 11.2. The Morgan fingerprint density at radius 3 is 2.70 bits per heavy atom. The van der Waals surface area contributed by atoms with E-state index in [1.807, 2.05) is 30.6 Å². The largest absolute Gasteiger partial charge is 0.496 e. The Morgan fingerprint density at radius 1 is 1.13 bits per heavy atom. The summed E-state index contributed by atoms with van der Waals surface area (Å²) in [6.07, 6.45) is 9.39. The van der Waals surface area contributed by atoms with Crippen molar-refractivity contribution in [2.24, 2.45) is 5.92 Å². The fourth-order valence-corrected chi connectivity index (χ4v) is 3.89. The molecule has 2 aliphatic rings. The molecule has 0 radical (unpaired) electrons. The molecule has 4 rings (SSSR count). The molecule has 3 atom stereocenters. The van der Waals surface area contributed by atoms with Crippen LogP contribution >= 0.6 is 0 Å². The molecule has 4 heteroatoms. The summed E-state index contributed by atoms with van der Waals surface area (Å²) in [6.45, 7) is 0. The van der Waals surface area contributed by atoms with Crippen LogP contribution in [0.15, 0.2) is 48.8 Å². The van der Waals surface area contributed by atoms with Crippen molar-refractivity contribution in [3.05, 3.63) is 59.9 Å². The van der Waals surface area contributed by atoms with Crippen molar-refractivity contribution in [1.29, 1.82) is 0 Å². The molecule has 3 unspecified atom stereocenters. The average Bonchev–Trinajstić information content (AvgIpc) is 3.10. The van der Waals surface area contributed by atoms with Crippen molar-refractivity contribution in [2.75, 3.05) is 19.5 Å². The fourth-order valence-electron chi connectivity index (χ4n) is 3.89. The van der Waals surface area contributed by atoms with Gasteiger partial charge in [-0.15, -0.1) is 0 Å². The average molecular weight is 308 g/mol. The summed E-state index contributed by atoms with van der Waals surface area (Å²) in [5, 5.41) is 3.69. The third-order valence-corrected chi connectivity index (χ3v) is 4.92. The van der Waals surface area contributed by atoms with E-state index in [0.29, 0.717) is 11.8 Å². The SMILES string of the molecule is COc1ccc(OC)c2c1NC(c1cccnc1)C1CC=CC21. The molecule has 1 aliphatic carbocycles. The summed E-state index contributed by atoms with van der Waals surface area (Å²) in [5.41, 5.74) is 3.45. The topological polar surface area (TPSA) is 43.4 Å². The van der Waals surface area contributed by atoms with Crippen LogP contribution in [-0.4, -0.2) is 19.2 Å². The molecule has 2 aromatic rings. The van der Waals surface area contributed by atoms with E-state index in [1.54, 1.807) is 14.2 Å². The molecular formula is C19H20N2O2. The lowest BCUT2D eigenvalue weighted by Crippen LogP contribution is -2.29. The second-order valence-corrected chi connectivity index (χ2v) is 6.02. The third-order valence-electron chi connectivity index (χ3n) is 4.92. The van der Waals surface area contributed by atoms with E-state index in [9.17, 15) is 0 Å². The molecule has 1 aliphatic heterocycles. The van der Waals surface area contributed by atoms with Gasteiger partial charge in [0, 0.05) is 23.9 Å². The highest BCUT2D eigenvalue weighted by molar-refractivity contribution is 5.71. The number of allylic oxidation sites excluding steroid dienone is 2. The van der Waals surface area contributed by atoms with Crippen LogP contribution in [0.1, 0.15) is 29.5 Å². The van der Waals surface area contributed by atoms with Crippen molar-refractivity contribution in [3.8, 4) is 11.5 Å². The lowest BCUT2D eigenvalue weighted by Gasteiger charge is -2.38. The minimum atomic E-state index is 0.220. The molecule has 2 heterocycles. The molecule has 0 saturated heterocycles. The maximum Gasteiger partial charge on any atom is 0.142 e. The van der Waals surface area contributed by atoms with E-state index in [2.05, 4.69) is 28.5 Å². The van der Waals surface area contributed by atoms with Crippen LogP contribution in [0.5, 0.6) is 11.5 Å². The van der Waals surface area contributed by atoms with Gasteiger partial charge in [0.1, 0.15) is 11.5 Å². The van der Waals surface area contributed by atoms with Crippen molar-refractivity contribution < 1.29 is 9.47 Å². The molecule has 1 aromatic heterocycles. The molecule has 1 N–H and O–H groups in total. The number of rotatable bonds is 3. The standard InChI is InChI=1S/C19H20N2O2/c1-22-15-8-9-16(23-2)19-17(15)13-6-3-7-14(13)18(21-19)12-5-4-10-20-11-12/h3-6,8-11,13-14,18,21H,7H2,1-2H3. The first-order valence-electron chi connectivity index (χ1n) is 7.91. The van der Waals surface area contributed by atoms with Crippen LogP contribution in [0, 0.1) is 5.92 Å². The highest BCUT2D eigenvalue weighted by Crippen LogP contribution is 2.54. The Morgan fingerprint density at radius 2 is 1.96 bits per heavy atom. The van der Waals surface area contributed by atoms with Gasteiger partial charge in [-0.25, -0.2) is 0 Å². The minimum Gasteiger partial charge on any atom is -0.496 e. The van der Waals surface area contributed by atoms with E-state index in [1.165, 1.54) is 11.1 Å². The monoisotopic (exact) mass is 308 g/mol. The van der Waals surface area contributed by atoms with Gasteiger partial charge in [0.2, 0.25) is 0 Å². The lowest BCUT2D eigenvalue weighted by molar-refractivity contribution is 0.370. The molecule has 118 valence electrons. The molecule has 1 aromatic carbocycles. The van der Waals surface area contributed by atoms with Crippen LogP contribution in [0.3, 0.4) is 0 Å². The molecule has 0 spiro atoms. The van der Waals surface area contributed by atoms with Crippen LogP contribution in [0.4, 0.5) is 5.69 Å². The van der Waals surface area contributed by atoms with E-state index in [0.717, 1.165) is 23.6 Å². The second kappa shape index (κ2) is 5.61. The zero-order valence-electron chi connectivity index (χ0n) is 13.3. The van der Waals surface area contributed by atoms with Gasteiger partial charge in [-0.2, -0.15) is 0 Å². The normalized spacial score (nSPS) is 24.5. The fraction of sp³-hybridized carbons (Fsp3) is 0.316. The Hall–Kier alpha value is -2.49. The molecular weight excluding hydrogens is 288 g/mol. The maximum atomic E-state index is 5.62. The Labute approximate surface area is 136 Å². The van der Waals surface area contributed by atoms with Gasteiger partial charge >= 0.3 is 0 Å². The number of hydrogen-bond acceptors (Lipinski definition) is 4. The third kappa shape index (κ3) is 2.17. The number of methoxy groups -OCH3 is 2. The zero-order valence-corrected chi connectivity index (χ0v) is 13.3. The van der Waals surface area contributed by atoms with E-state index < -0.39 is 0 Å². The van der Waals surface area contributed by atoms with Crippen LogP contribution in [-0.2, 0) is 0 Å². The maximum absolute atomic E-state index is 5.62. The van der Waals surface area contributed by atoms with Gasteiger partial charge in [-0.3, -0.25) is 4.98 Å². The summed E-state index contributed by atoms with van der Waals surface area (Å²) in [6, 6.07) is 8.30. The van der Waals surface area contributed by atoms with Crippen molar-refractivity contribution in [2.45, 2.75) is 18.4 Å². The lowest BCUT2D eigenvalue weighted by atomic mass is 9.77. The number of hydrogen-bond donors (Lipinski definition) is 1. The van der Waals surface area contributed by atoms with E-state index >= 15 is 0 Å². The smallest absolute Gasteiger partial charge is 0.142 e. The molecule has 0 bridgehead atoms. The number of anilines is 1. The minimum absolute atomic E-state index is 0.220. The number of nitrogens with one attached hydrogen (secondary N) is 1. The van der Waals surface area contributed by atoms with Crippen LogP contribution < -0.4 is 14.8 Å². The van der Waals surface area contributed by atoms with Crippen molar-refractivity contribution in [3.63, 3.8) is 0 Å². The highest BCUT2D eigenvalue weighted by atomic mass is 16.5. The van der Waals surface area contributed by atoms with Gasteiger partial charge < -0.3 is 14.8 Å². The Kier molecular flexibility index (Phi) is 3.45. The number of nitrogens with zero attached hydrogens (tertiary/aromatic N) is 1. The van der Waals surface area contributed by atoms with E-state index in [-0.39, 0.29) is 6.04 Å². The first kappa shape index (κ1) is 14.1. The molecule has 0 fully saturated rings. The molecule has 23 heavy (non-hydrogen) atoms. The van der Waals surface area contributed by atoms with Crippen LogP contribution in [0.25, 0.3) is 0 Å². The summed E-state index contributed by atoms with van der Waals surface area (Å²) in [4.78, 5) is 4.29. The zero-order chi connectivity index (χ0) is 15.8. The Bertz CT molecular complexity index is 743. The number of benzene rings is 1. The summed E-state index contributed by atoms with van der Waals surface area (Å²) >= 11 is 0. The predicted molar refractivity (Wildman–Crippen MR) is 90.1 cm³/mol. The van der Waals surface area contributed by atoms with Gasteiger partial charge in [-0.1, -0.05) is 18.2 Å². The molecule has 0 saturated carbocycles. The van der Waals surface area contributed by atoms with E-state index in [4.69, 9.17) is 9.47 Å². The quantitative estimate of drug-likeness (QED) is 0.873. The predicted octanol–water partition coefficient (Wildman–Crippen LogP) is 3.93. The van der Waals surface area contributed by atoms with Crippen molar-refractivity contribution >= 4 is 5.69 Å². The number of aromatic nitrogens is 1. The van der Waals surface area contributed by atoms with Gasteiger partial charge in [0.25, 0.3) is 0 Å². The summed E-state index contributed by atoms with van der Waals surface area (Å²) in [5.74, 6) is 2.57. The first-order chi connectivity index (χ1) is 11.3. The van der Waals surface area contributed by atoms with Crippen molar-refractivity contribution in [1.82, 2.24) is 4.98 Å². The number of ether oxygens (including phenoxy) is 2. The second-order valence-electron chi connectivity index (χ2n) is 6.02. The molecule has 0 amide bonds. The first-order valence-corrected chi connectivity index (χ1v) is 7.91. The highest BCUT2D eigenvalue weighted by Gasteiger charge is 2.40. The van der Waals surface area contributed by atoms with Gasteiger partial charge in [-0.05, 0) is 36.1 Å². The van der Waals surface area contributed by atoms with Crippen LogP contribution in [0.2, 0.25) is 0 Å².